The lowest BCUT2D eigenvalue weighted by atomic mass is 9.61. The number of fused-ring (bicyclic) bond motifs is 2. The molecular formula is C24H27N5OS. The zero-order valence-electron chi connectivity index (χ0n) is 17.7. The van der Waals surface area contributed by atoms with E-state index in [1.807, 2.05) is 18.2 Å². The molecule has 3 aromatic rings. The monoisotopic (exact) mass is 433 g/mol. The average Bonchev–Trinajstić information content (AvgIpc) is 2.88. The van der Waals surface area contributed by atoms with Gasteiger partial charge in [-0.05, 0) is 54.6 Å². The first-order valence-corrected chi connectivity index (χ1v) is 12.4. The Morgan fingerprint density at radius 1 is 1.16 bits per heavy atom. The molecule has 1 saturated heterocycles. The van der Waals surface area contributed by atoms with Crippen LogP contribution < -0.4 is 15.5 Å². The van der Waals surface area contributed by atoms with Crippen LogP contribution in [0.15, 0.2) is 47.4 Å². The van der Waals surface area contributed by atoms with Gasteiger partial charge in [0.05, 0.1) is 18.6 Å². The first-order valence-electron chi connectivity index (χ1n) is 11.1. The highest BCUT2D eigenvalue weighted by molar-refractivity contribution is 7.91. The topological polar surface area (TPSA) is 76.1 Å². The van der Waals surface area contributed by atoms with Crippen LogP contribution in [-0.4, -0.2) is 45.9 Å². The van der Waals surface area contributed by atoms with Crippen LogP contribution in [0.1, 0.15) is 24.0 Å². The average molecular weight is 434 g/mol. The number of benzene rings is 2. The molecule has 1 unspecified atom stereocenters. The summed E-state index contributed by atoms with van der Waals surface area (Å²) in [6, 6.07) is 14.9. The third-order valence-electron chi connectivity index (χ3n) is 6.95. The van der Waals surface area contributed by atoms with E-state index >= 15 is 0 Å². The second-order valence-corrected chi connectivity index (χ2v) is 10.9. The van der Waals surface area contributed by atoms with Gasteiger partial charge in [-0.15, -0.1) is 0 Å². The molecule has 0 bridgehead atoms. The van der Waals surface area contributed by atoms with Crippen molar-refractivity contribution in [3.05, 3.63) is 53.6 Å². The van der Waals surface area contributed by atoms with Gasteiger partial charge in [0, 0.05) is 30.1 Å². The standard InChI is InChI=1S/C24H27N5OS/c1-16-6-7-20-19(10-16)22(26-18-11-24(12-18)14-25-15-24)28-23(27-20)29-8-9-31(30)21-5-3-2-4-17(21)13-29/h2-7,10,18,25H,8-9,11-15H2,1H3,(H,26,27,28). The molecule has 31 heavy (non-hydrogen) atoms. The Labute approximate surface area is 185 Å². The smallest absolute Gasteiger partial charge is 0.228 e. The fraction of sp³-hybridized carbons (Fsp3) is 0.417. The molecule has 2 aromatic carbocycles. The molecule has 1 aromatic heterocycles. The number of nitrogens with one attached hydrogen (secondary N) is 2. The summed E-state index contributed by atoms with van der Waals surface area (Å²) in [6.45, 7) is 5.75. The van der Waals surface area contributed by atoms with E-state index in [2.05, 4.69) is 46.7 Å². The van der Waals surface area contributed by atoms with Crippen LogP contribution in [0.25, 0.3) is 10.9 Å². The SMILES string of the molecule is Cc1ccc2nc(N3CC[S+]([O-])c4ccccc4C3)nc(NC3CC4(CNC4)C3)c2c1. The number of nitrogens with zero attached hydrogens (tertiary/aromatic N) is 3. The molecule has 3 aliphatic rings. The second kappa shape index (κ2) is 7.36. The third-order valence-corrected chi connectivity index (χ3v) is 8.39. The molecule has 160 valence electrons. The highest BCUT2D eigenvalue weighted by Gasteiger charge is 2.48. The maximum Gasteiger partial charge on any atom is 0.228 e. The van der Waals surface area contributed by atoms with Crippen LogP contribution in [0, 0.1) is 12.3 Å². The lowest BCUT2D eigenvalue weighted by Crippen LogP contribution is -2.63. The number of rotatable bonds is 3. The molecular weight excluding hydrogens is 406 g/mol. The van der Waals surface area contributed by atoms with Crippen LogP contribution >= 0.6 is 0 Å². The van der Waals surface area contributed by atoms with E-state index in [0.29, 0.717) is 36.2 Å². The Kier molecular flexibility index (Phi) is 4.59. The van der Waals surface area contributed by atoms with Crippen molar-refractivity contribution >= 4 is 33.8 Å². The molecule has 3 heterocycles. The van der Waals surface area contributed by atoms with E-state index in [4.69, 9.17) is 9.97 Å². The van der Waals surface area contributed by atoms with Crippen molar-refractivity contribution in [2.45, 2.75) is 37.2 Å². The summed E-state index contributed by atoms with van der Waals surface area (Å²) in [7, 11) is 0. The van der Waals surface area contributed by atoms with Crippen molar-refractivity contribution in [3.8, 4) is 0 Å². The summed E-state index contributed by atoms with van der Waals surface area (Å²) in [4.78, 5) is 13.0. The molecule has 2 fully saturated rings. The summed E-state index contributed by atoms with van der Waals surface area (Å²) in [5, 5.41) is 8.22. The third kappa shape index (κ3) is 3.45. The fourth-order valence-electron chi connectivity index (χ4n) is 5.14. The fourth-order valence-corrected chi connectivity index (χ4v) is 6.41. The molecule has 7 heteroatoms. The number of anilines is 2. The first-order chi connectivity index (χ1) is 15.1. The van der Waals surface area contributed by atoms with E-state index in [9.17, 15) is 4.55 Å². The van der Waals surface area contributed by atoms with Gasteiger partial charge < -0.3 is 20.1 Å². The Morgan fingerprint density at radius 3 is 2.81 bits per heavy atom. The van der Waals surface area contributed by atoms with E-state index in [1.165, 1.54) is 18.4 Å². The summed E-state index contributed by atoms with van der Waals surface area (Å²) >= 11 is -0.986. The molecule has 1 saturated carbocycles. The van der Waals surface area contributed by atoms with Crippen LogP contribution in [-0.2, 0) is 17.7 Å². The van der Waals surface area contributed by atoms with Gasteiger partial charge in [0.2, 0.25) is 5.95 Å². The van der Waals surface area contributed by atoms with Gasteiger partial charge in [0.15, 0.2) is 4.90 Å². The molecule has 1 spiro atoms. The molecule has 6 nitrogen and oxygen atoms in total. The zero-order valence-corrected chi connectivity index (χ0v) is 18.5. The molecule has 1 atom stereocenters. The Balaban J connectivity index is 1.35. The van der Waals surface area contributed by atoms with Crippen molar-refractivity contribution in [1.29, 1.82) is 0 Å². The predicted octanol–water partition coefficient (Wildman–Crippen LogP) is 3.23. The van der Waals surface area contributed by atoms with Crippen molar-refractivity contribution in [1.82, 2.24) is 15.3 Å². The van der Waals surface area contributed by atoms with Crippen LogP contribution in [0.5, 0.6) is 0 Å². The van der Waals surface area contributed by atoms with Crippen molar-refractivity contribution in [2.24, 2.45) is 5.41 Å². The maximum atomic E-state index is 12.7. The Morgan fingerprint density at radius 2 is 2.00 bits per heavy atom. The van der Waals surface area contributed by atoms with E-state index in [1.54, 1.807) is 0 Å². The number of hydrogen-bond donors (Lipinski definition) is 2. The normalized spacial score (nSPS) is 22.5. The van der Waals surface area contributed by atoms with Gasteiger partial charge in [-0.2, -0.15) is 4.98 Å². The lowest BCUT2D eigenvalue weighted by molar-refractivity contribution is 0.0469. The van der Waals surface area contributed by atoms with Crippen LogP contribution in [0.3, 0.4) is 0 Å². The molecule has 0 radical (unpaired) electrons. The van der Waals surface area contributed by atoms with Gasteiger partial charge in [-0.1, -0.05) is 29.8 Å². The molecule has 2 aliphatic heterocycles. The molecule has 0 amide bonds. The van der Waals surface area contributed by atoms with Gasteiger partial charge in [0.1, 0.15) is 11.6 Å². The minimum atomic E-state index is -0.986. The lowest BCUT2D eigenvalue weighted by Gasteiger charge is -2.54. The summed E-state index contributed by atoms with van der Waals surface area (Å²) in [5.41, 5.74) is 3.77. The summed E-state index contributed by atoms with van der Waals surface area (Å²) in [5.74, 6) is 2.23. The summed E-state index contributed by atoms with van der Waals surface area (Å²) < 4.78 is 12.7. The van der Waals surface area contributed by atoms with Gasteiger partial charge in [-0.25, -0.2) is 4.98 Å². The molecule has 2 N–H and O–H groups in total. The molecule has 6 rings (SSSR count). The minimum absolute atomic E-state index is 0.464. The zero-order chi connectivity index (χ0) is 21.0. The van der Waals surface area contributed by atoms with Gasteiger partial charge in [-0.3, -0.25) is 0 Å². The first kappa shape index (κ1) is 19.3. The van der Waals surface area contributed by atoms with E-state index < -0.39 is 11.2 Å². The van der Waals surface area contributed by atoms with Gasteiger partial charge >= 0.3 is 0 Å². The largest absolute Gasteiger partial charge is 0.611 e. The number of hydrogen-bond acceptors (Lipinski definition) is 6. The van der Waals surface area contributed by atoms with E-state index in [-0.39, 0.29) is 0 Å². The minimum Gasteiger partial charge on any atom is -0.611 e. The number of aromatic nitrogens is 2. The van der Waals surface area contributed by atoms with Crippen molar-refractivity contribution in [2.75, 3.05) is 35.6 Å². The Hall–Kier alpha value is -2.35. The number of aryl methyl sites for hydroxylation is 1. The highest BCUT2D eigenvalue weighted by atomic mass is 32.2. The quantitative estimate of drug-likeness (QED) is 0.618. The highest BCUT2D eigenvalue weighted by Crippen LogP contribution is 2.45. The molecule has 1 aliphatic carbocycles. The second-order valence-electron chi connectivity index (χ2n) is 9.32. The van der Waals surface area contributed by atoms with Crippen molar-refractivity contribution < 1.29 is 4.55 Å². The van der Waals surface area contributed by atoms with Gasteiger partial charge in [0.25, 0.3) is 0 Å². The Bertz CT molecular complexity index is 1140. The summed E-state index contributed by atoms with van der Waals surface area (Å²) in [6.07, 6.45) is 2.39. The van der Waals surface area contributed by atoms with Crippen molar-refractivity contribution in [3.63, 3.8) is 0 Å². The predicted molar refractivity (Wildman–Crippen MR) is 125 cm³/mol. The van der Waals surface area contributed by atoms with Crippen LogP contribution in [0.4, 0.5) is 11.8 Å². The van der Waals surface area contributed by atoms with E-state index in [0.717, 1.165) is 40.3 Å². The van der Waals surface area contributed by atoms with Crippen LogP contribution in [0.2, 0.25) is 0 Å². The maximum absolute atomic E-state index is 12.7.